The molecule has 1 heterocycles. The Kier molecular flexibility index (Phi) is 3.96. The molecule has 94 valence electrons. The molecule has 1 aromatic carbocycles. The SMILES string of the molecule is NC(=O)c1ccc(OCCCn2ccnc2)cc1. The van der Waals surface area contributed by atoms with Crippen molar-refractivity contribution in [1.82, 2.24) is 9.55 Å². The number of aryl methyl sites for hydroxylation is 1. The highest BCUT2D eigenvalue weighted by Gasteiger charge is 2.00. The summed E-state index contributed by atoms with van der Waals surface area (Å²) < 4.78 is 7.55. The molecule has 1 aromatic heterocycles. The Bertz CT molecular complexity index is 491. The second kappa shape index (κ2) is 5.86. The Morgan fingerprint density at radius 3 is 2.72 bits per heavy atom. The maximum atomic E-state index is 10.9. The summed E-state index contributed by atoms with van der Waals surface area (Å²) in [5.41, 5.74) is 5.64. The molecular formula is C13H15N3O2. The van der Waals surface area contributed by atoms with E-state index >= 15 is 0 Å². The van der Waals surface area contributed by atoms with Gasteiger partial charge in [-0.15, -0.1) is 0 Å². The highest BCUT2D eigenvalue weighted by atomic mass is 16.5. The molecule has 2 N–H and O–H groups in total. The van der Waals surface area contributed by atoms with Gasteiger partial charge in [0.05, 0.1) is 12.9 Å². The first kappa shape index (κ1) is 12.2. The van der Waals surface area contributed by atoms with Crippen molar-refractivity contribution in [3.8, 4) is 5.75 Å². The van der Waals surface area contributed by atoms with Crippen molar-refractivity contribution in [3.63, 3.8) is 0 Å². The molecule has 0 fully saturated rings. The summed E-state index contributed by atoms with van der Waals surface area (Å²) in [7, 11) is 0. The lowest BCUT2D eigenvalue weighted by Crippen LogP contribution is -2.10. The summed E-state index contributed by atoms with van der Waals surface area (Å²) in [6, 6.07) is 6.82. The van der Waals surface area contributed by atoms with E-state index in [1.165, 1.54) is 0 Å². The van der Waals surface area contributed by atoms with E-state index < -0.39 is 5.91 Å². The van der Waals surface area contributed by atoms with Gasteiger partial charge in [-0.05, 0) is 30.7 Å². The molecule has 2 rings (SSSR count). The van der Waals surface area contributed by atoms with Gasteiger partial charge >= 0.3 is 0 Å². The second-order valence-corrected chi connectivity index (χ2v) is 3.89. The normalized spacial score (nSPS) is 10.2. The maximum Gasteiger partial charge on any atom is 0.248 e. The molecule has 2 aromatic rings. The molecule has 18 heavy (non-hydrogen) atoms. The summed E-state index contributed by atoms with van der Waals surface area (Å²) in [5, 5.41) is 0. The van der Waals surface area contributed by atoms with Crippen LogP contribution in [0.2, 0.25) is 0 Å². The Hall–Kier alpha value is -2.30. The zero-order valence-electron chi connectivity index (χ0n) is 9.95. The van der Waals surface area contributed by atoms with Crippen LogP contribution in [0.3, 0.4) is 0 Å². The average Bonchev–Trinajstić information content (AvgIpc) is 2.88. The molecule has 5 heteroatoms. The Morgan fingerprint density at radius 1 is 1.33 bits per heavy atom. The van der Waals surface area contributed by atoms with Crippen LogP contribution in [0.1, 0.15) is 16.8 Å². The summed E-state index contributed by atoms with van der Waals surface area (Å²) in [5.74, 6) is 0.312. The van der Waals surface area contributed by atoms with Crippen molar-refractivity contribution < 1.29 is 9.53 Å². The Morgan fingerprint density at radius 2 is 2.11 bits per heavy atom. The van der Waals surface area contributed by atoms with E-state index in [1.807, 2.05) is 10.8 Å². The summed E-state index contributed by atoms with van der Waals surface area (Å²) >= 11 is 0. The number of carbonyl (C=O) groups is 1. The van der Waals surface area contributed by atoms with Crippen molar-refractivity contribution in [2.75, 3.05) is 6.61 Å². The standard InChI is InChI=1S/C13H15N3O2/c14-13(17)11-2-4-12(5-3-11)18-9-1-7-16-8-6-15-10-16/h2-6,8,10H,1,7,9H2,(H2,14,17). The third kappa shape index (κ3) is 3.35. The van der Waals surface area contributed by atoms with Crippen LogP contribution in [0.4, 0.5) is 0 Å². The second-order valence-electron chi connectivity index (χ2n) is 3.89. The van der Waals surface area contributed by atoms with Crippen molar-refractivity contribution >= 4 is 5.91 Å². The molecule has 0 atom stereocenters. The van der Waals surface area contributed by atoms with E-state index in [9.17, 15) is 4.79 Å². The zero-order valence-corrected chi connectivity index (χ0v) is 9.95. The van der Waals surface area contributed by atoms with Crippen LogP contribution in [0, 0.1) is 0 Å². The van der Waals surface area contributed by atoms with Crippen LogP contribution >= 0.6 is 0 Å². The molecule has 0 saturated heterocycles. The maximum absolute atomic E-state index is 10.9. The molecule has 0 radical (unpaired) electrons. The van der Waals surface area contributed by atoms with E-state index in [1.54, 1.807) is 36.8 Å². The third-order valence-electron chi connectivity index (χ3n) is 2.53. The molecular weight excluding hydrogens is 230 g/mol. The Balaban J connectivity index is 1.75. The van der Waals surface area contributed by atoms with Crippen LogP contribution in [-0.2, 0) is 6.54 Å². The van der Waals surface area contributed by atoms with Gasteiger partial charge in [0.15, 0.2) is 0 Å². The predicted octanol–water partition coefficient (Wildman–Crippen LogP) is 1.45. The van der Waals surface area contributed by atoms with Gasteiger partial charge in [-0.3, -0.25) is 4.79 Å². The van der Waals surface area contributed by atoms with Gasteiger partial charge in [-0.1, -0.05) is 0 Å². The number of benzene rings is 1. The quantitative estimate of drug-likeness (QED) is 0.783. The van der Waals surface area contributed by atoms with Crippen LogP contribution in [0.15, 0.2) is 43.0 Å². The van der Waals surface area contributed by atoms with Crippen molar-refractivity contribution in [3.05, 3.63) is 48.5 Å². The number of nitrogens with zero attached hydrogens (tertiary/aromatic N) is 2. The summed E-state index contributed by atoms with van der Waals surface area (Å²) in [4.78, 5) is 14.8. The predicted molar refractivity (Wildman–Crippen MR) is 67.3 cm³/mol. The number of rotatable bonds is 6. The number of carbonyl (C=O) groups excluding carboxylic acids is 1. The molecule has 5 nitrogen and oxygen atoms in total. The van der Waals surface area contributed by atoms with E-state index in [0.29, 0.717) is 12.2 Å². The van der Waals surface area contributed by atoms with Crippen molar-refractivity contribution in [1.29, 1.82) is 0 Å². The fourth-order valence-corrected chi connectivity index (χ4v) is 1.57. The van der Waals surface area contributed by atoms with E-state index in [4.69, 9.17) is 10.5 Å². The van der Waals surface area contributed by atoms with Gasteiger partial charge in [0.1, 0.15) is 5.75 Å². The Labute approximate surface area is 105 Å². The number of imidazole rings is 1. The number of primary amides is 1. The molecule has 0 aliphatic rings. The number of hydrogen-bond acceptors (Lipinski definition) is 3. The molecule has 0 spiro atoms. The van der Waals surface area contributed by atoms with Gasteiger partial charge in [-0.25, -0.2) is 4.98 Å². The summed E-state index contributed by atoms with van der Waals surface area (Å²) in [6.07, 6.45) is 6.35. The largest absolute Gasteiger partial charge is 0.494 e. The number of aromatic nitrogens is 2. The van der Waals surface area contributed by atoms with Crippen LogP contribution in [0.25, 0.3) is 0 Å². The van der Waals surface area contributed by atoms with Crippen molar-refractivity contribution in [2.45, 2.75) is 13.0 Å². The lowest BCUT2D eigenvalue weighted by Gasteiger charge is -2.06. The third-order valence-corrected chi connectivity index (χ3v) is 2.53. The van der Waals surface area contributed by atoms with Gasteiger partial charge in [0.2, 0.25) is 5.91 Å². The first-order chi connectivity index (χ1) is 8.75. The average molecular weight is 245 g/mol. The van der Waals surface area contributed by atoms with E-state index in [0.717, 1.165) is 18.7 Å². The highest BCUT2D eigenvalue weighted by Crippen LogP contribution is 2.12. The molecule has 0 aliphatic carbocycles. The fraction of sp³-hybridized carbons (Fsp3) is 0.231. The lowest BCUT2D eigenvalue weighted by atomic mass is 10.2. The fourth-order valence-electron chi connectivity index (χ4n) is 1.57. The minimum absolute atomic E-state index is 0.429. The number of hydrogen-bond donors (Lipinski definition) is 1. The number of ether oxygens (including phenoxy) is 1. The van der Waals surface area contributed by atoms with Gasteiger partial charge < -0.3 is 15.0 Å². The molecule has 0 unspecified atom stereocenters. The molecule has 0 bridgehead atoms. The minimum atomic E-state index is -0.429. The first-order valence-electron chi connectivity index (χ1n) is 5.74. The van der Waals surface area contributed by atoms with E-state index in [2.05, 4.69) is 4.98 Å². The minimum Gasteiger partial charge on any atom is -0.494 e. The van der Waals surface area contributed by atoms with E-state index in [-0.39, 0.29) is 0 Å². The molecule has 0 saturated carbocycles. The van der Waals surface area contributed by atoms with Crippen molar-refractivity contribution in [2.24, 2.45) is 5.73 Å². The first-order valence-corrected chi connectivity index (χ1v) is 5.74. The number of nitrogens with two attached hydrogens (primary N) is 1. The highest BCUT2D eigenvalue weighted by molar-refractivity contribution is 5.92. The van der Waals surface area contributed by atoms with Crippen LogP contribution in [0.5, 0.6) is 5.75 Å². The molecule has 1 amide bonds. The molecule has 0 aliphatic heterocycles. The van der Waals surface area contributed by atoms with Crippen LogP contribution < -0.4 is 10.5 Å². The van der Waals surface area contributed by atoms with Gasteiger partial charge in [-0.2, -0.15) is 0 Å². The van der Waals surface area contributed by atoms with Gasteiger partial charge in [0.25, 0.3) is 0 Å². The zero-order chi connectivity index (χ0) is 12.8. The number of amides is 1. The summed E-state index contributed by atoms with van der Waals surface area (Å²) in [6.45, 7) is 1.49. The monoisotopic (exact) mass is 245 g/mol. The van der Waals surface area contributed by atoms with Crippen LogP contribution in [-0.4, -0.2) is 22.1 Å². The van der Waals surface area contributed by atoms with Gasteiger partial charge in [0, 0.05) is 24.5 Å². The topological polar surface area (TPSA) is 70.1 Å². The smallest absolute Gasteiger partial charge is 0.248 e. The lowest BCUT2D eigenvalue weighted by molar-refractivity contribution is 0.100.